The number of benzene rings is 1. The van der Waals surface area contributed by atoms with Crippen LogP contribution in [0.1, 0.15) is 21.5 Å². The fourth-order valence-electron chi connectivity index (χ4n) is 1.07. The number of carbonyl (C=O) groups excluding carboxylic acids is 1. The third-order valence-electron chi connectivity index (χ3n) is 1.81. The Labute approximate surface area is 93.9 Å². The van der Waals surface area contributed by atoms with Gasteiger partial charge in [0.15, 0.2) is 6.29 Å². The highest BCUT2D eigenvalue weighted by atomic mass is 19.4. The van der Waals surface area contributed by atoms with Crippen LogP contribution in [0.25, 0.3) is 0 Å². The van der Waals surface area contributed by atoms with Crippen molar-refractivity contribution in [3.8, 4) is 11.8 Å². The normalized spacial score (nSPS) is 10.3. The number of halogens is 3. The van der Waals surface area contributed by atoms with E-state index >= 15 is 0 Å². The van der Waals surface area contributed by atoms with Crippen LogP contribution in [0.3, 0.4) is 0 Å². The zero-order chi connectivity index (χ0) is 13.1. The van der Waals surface area contributed by atoms with Gasteiger partial charge >= 0.3 is 12.1 Å². The summed E-state index contributed by atoms with van der Waals surface area (Å²) < 4.78 is 36.9. The van der Waals surface area contributed by atoms with Crippen molar-refractivity contribution in [3.05, 3.63) is 34.9 Å². The highest BCUT2D eigenvalue weighted by molar-refractivity contribution is 5.88. The molecule has 0 radical (unpaired) electrons. The molecule has 0 fully saturated rings. The first-order valence-corrected chi connectivity index (χ1v) is 4.26. The molecule has 0 aliphatic rings. The van der Waals surface area contributed by atoms with Gasteiger partial charge in [-0.05, 0) is 18.2 Å². The molecule has 0 atom stereocenters. The van der Waals surface area contributed by atoms with E-state index in [1.165, 1.54) is 0 Å². The van der Waals surface area contributed by atoms with E-state index in [0.717, 1.165) is 12.1 Å². The van der Waals surface area contributed by atoms with Crippen LogP contribution >= 0.6 is 0 Å². The Kier molecular flexibility index (Phi) is 3.53. The standard InChI is InChI=1S/C11H5F3O3/c12-11(13,14)9-3-1-7(2-4-10(16)17)8(5-9)6-15/h1,3,5-6H,(H,16,17). The molecule has 0 saturated carbocycles. The second-order valence-corrected chi connectivity index (χ2v) is 2.97. The molecule has 0 aliphatic heterocycles. The number of hydrogen-bond donors (Lipinski definition) is 1. The summed E-state index contributed by atoms with van der Waals surface area (Å²) in [4.78, 5) is 20.7. The van der Waals surface area contributed by atoms with E-state index in [-0.39, 0.29) is 17.4 Å². The van der Waals surface area contributed by atoms with E-state index in [0.29, 0.717) is 6.07 Å². The number of carbonyl (C=O) groups is 2. The van der Waals surface area contributed by atoms with Gasteiger partial charge in [0.1, 0.15) is 0 Å². The van der Waals surface area contributed by atoms with Crippen LogP contribution in [-0.2, 0) is 11.0 Å². The zero-order valence-corrected chi connectivity index (χ0v) is 8.21. The van der Waals surface area contributed by atoms with E-state index in [4.69, 9.17) is 5.11 Å². The molecule has 0 aliphatic carbocycles. The molecule has 0 unspecified atom stereocenters. The SMILES string of the molecule is O=Cc1cc(C(F)(F)F)ccc1C#CC(=O)O. The molecule has 6 heteroatoms. The number of aldehydes is 1. The summed E-state index contributed by atoms with van der Waals surface area (Å²) in [6, 6.07) is 2.32. The second-order valence-electron chi connectivity index (χ2n) is 2.97. The minimum Gasteiger partial charge on any atom is -0.472 e. The molecule has 17 heavy (non-hydrogen) atoms. The summed E-state index contributed by atoms with van der Waals surface area (Å²) >= 11 is 0. The lowest BCUT2D eigenvalue weighted by molar-refractivity contribution is -0.137. The summed E-state index contributed by atoms with van der Waals surface area (Å²) in [6.07, 6.45) is -4.36. The molecule has 1 N–H and O–H groups in total. The van der Waals surface area contributed by atoms with Gasteiger partial charge in [-0.15, -0.1) is 0 Å². The van der Waals surface area contributed by atoms with Gasteiger partial charge < -0.3 is 5.11 Å². The molecule has 0 saturated heterocycles. The number of rotatable bonds is 1. The number of aliphatic carboxylic acids is 1. The van der Waals surface area contributed by atoms with Gasteiger partial charge in [0.2, 0.25) is 0 Å². The number of carboxylic acid groups (broad SMARTS) is 1. The summed E-state index contributed by atoms with van der Waals surface area (Å²) in [5.74, 6) is 2.39. The Bertz CT molecular complexity index is 521. The van der Waals surface area contributed by atoms with Gasteiger partial charge in [0.05, 0.1) is 5.56 Å². The molecule has 0 bridgehead atoms. The molecule has 1 rings (SSSR count). The summed E-state index contributed by atoms with van der Waals surface area (Å²) in [6.45, 7) is 0. The third-order valence-corrected chi connectivity index (χ3v) is 1.81. The van der Waals surface area contributed by atoms with Crippen molar-refractivity contribution in [2.75, 3.05) is 0 Å². The van der Waals surface area contributed by atoms with Gasteiger partial charge in [-0.25, -0.2) is 4.79 Å². The molecule has 1 aromatic carbocycles. The Morgan fingerprint density at radius 1 is 1.35 bits per heavy atom. The second kappa shape index (κ2) is 4.70. The Morgan fingerprint density at radius 3 is 2.47 bits per heavy atom. The van der Waals surface area contributed by atoms with E-state index in [1.54, 1.807) is 5.92 Å². The summed E-state index contributed by atoms with van der Waals surface area (Å²) in [7, 11) is 0. The quantitative estimate of drug-likeness (QED) is 0.605. The zero-order valence-electron chi connectivity index (χ0n) is 8.21. The molecular formula is C11H5F3O3. The largest absolute Gasteiger partial charge is 0.472 e. The molecular weight excluding hydrogens is 237 g/mol. The summed E-state index contributed by atoms with van der Waals surface area (Å²) in [5, 5.41) is 8.28. The maximum Gasteiger partial charge on any atom is 0.416 e. The lowest BCUT2D eigenvalue weighted by Gasteiger charge is -2.07. The first-order valence-electron chi connectivity index (χ1n) is 4.26. The van der Waals surface area contributed by atoms with Gasteiger partial charge in [0.25, 0.3) is 0 Å². The maximum absolute atomic E-state index is 12.3. The van der Waals surface area contributed by atoms with Crippen molar-refractivity contribution in [2.45, 2.75) is 6.18 Å². The highest BCUT2D eigenvalue weighted by Gasteiger charge is 2.30. The lowest BCUT2D eigenvalue weighted by atomic mass is 10.0. The van der Waals surface area contributed by atoms with Crippen LogP contribution in [0.4, 0.5) is 13.2 Å². The van der Waals surface area contributed by atoms with Gasteiger partial charge in [-0.1, -0.05) is 5.92 Å². The molecule has 0 heterocycles. The Hall–Kier alpha value is -2.29. The topological polar surface area (TPSA) is 54.4 Å². The van der Waals surface area contributed by atoms with Crippen LogP contribution in [0.5, 0.6) is 0 Å². The summed E-state index contributed by atoms with van der Waals surface area (Å²) in [5.41, 5.74) is -1.34. The molecule has 0 amide bonds. The average molecular weight is 242 g/mol. The van der Waals surface area contributed by atoms with Crippen molar-refractivity contribution >= 4 is 12.3 Å². The van der Waals surface area contributed by atoms with Crippen LogP contribution in [0.2, 0.25) is 0 Å². The van der Waals surface area contributed by atoms with Crippen molar-refractivity contribution in [2.24, 2.45) is 0 Å². The van der Waals surface area contributed by atoms with E-state index < -0.39 is 17.7 Å². The van der Waals surface area contributed by atoms with Crippen molar-refractivity contribution in [1.29, 1.82) is 0 Å². The highest BCUT2D eigenvalue weighted by Crippen LogP contribution is 2.30. The Balaban J connectivity index is 3.25. The predicted octanol–water partition coefficient (Wildman–Crippen LogP) is 1.95. The van der Waals surface area contributed by atoms with Crippen LogP contribution < -0.4 is 0 Å². The molecule has 88 valence electrons. The van der Waals surface area contributed by atoms with E-state index in [1.807, 2.05) is 0 Å². The third kappa shape index (κ3) is 3.34. The maximum atomic E-state index is 12.3. The van der Waals surface area contributed by atoms with Gasteiger partial charge in [-0.3, -0.25) is 4.79 Å². The van der Waals surface area contributed by atoms with E-state index in [2.05, 4.69) is 5.92 Å². The minimum absolute atomic E-state index is 0.0598. The first kappa shape index (κ1) is 12.8. The van der Waals surface area contributed by atoms with Crippen molar-refractivity contribution in [3.63, 3.8) is 0 Å². The average Bonchev–Trinajstić information content (AvgIpc) is 2.24. The minimum atomic E-state index is -4.56. The van der Waals surface area contributed by atoms with Gasteiger partial charge in [0, 0.05) is 17.0 Å². The van der Waals surface area contributed by atoms with Gasteiger partial charge in [-0.2, -0.15) is 13.2 Å². The fraction of sp³-hybridized carbons (Fsp3) is 0.0909. The fourth-order valence-corrected chi connectivity index (χ4v) is 1.07. The number of hydrogen-bond acceptors (Lipinski definition) is 2. The Morgan fingerprint density at radius 2 is 2.00 bits per heavy atom. The van der Waals surface area contributed by atoms with E-state index in [9.17, 15) is 22.8 Å². The first-order chi connectivity index (χ1) is 7.84. The molecule has 1 aromatic rings. The number of carboxylic acids is 1. The molecule has 0 spiro atoms. The molecule has 3 nitrogen and oxygen atoms in total. The van der Waals surface area contributed by atoms with Crippen LogP contribution in [0, 0.1) is 11.8 Å². The van der Waals surface area contributed by atoms with Crippen LogP contribution in [-0.4, -0.2) is 17.4 Å². The van der Waals surface area contributed by atoms with Crippen molar-refractivity contribution < 1.29 is 27.9 Å². The number of alkyl halides is 3. The van der Waals surface area contributed by atoms with Crippen LogP contribution in [0.15, 0.2) is 18.2 Å². The smallest absolute Gasteiger partial charge is 0.416 e. The monoisotopic (exact) mass is 242 g/mol. The lowest BCUT2D eigenvalue weighted by Crippen LogP contribution is -2.06. The van der Waals surface area contributed by atoms with Crippen molar-refractivity contribution in [1.82, 2.24) is 0 Å². The predicted molar refractivity (Wildman–Crippen MR) is 51.3 cm³/mol. The molecule has 0 aromatic heterocycles.